The van der Waals surface area contributed by atoms with Gasteiger partial charge in [0.1, 0.15) is 0 Å². The van der Waals surface area contributed by atoms with Gasteiger partial charge < -0.3 is 10.8 Å². The van der Waals surface area contributed by atoms with Crippen molar-refractivity contribution in [1.82, 2.24) is 0 Å². The Labute approximate surface area is 92.1 Å². The van der Waals surface area contributed by atoms with E-state index in [-0.39, 0.29) is 6.04 Å². The Balaban J connectivity index is 2.81. The predicted octanol–water partition coefficient (Wildman–Crippen LogP) is 2.46. The molecule has 15 heavy (non-hydrogen) atoms. The lowest BCUT2D eigenvalue weighted by Crippen LogP contribution is -2.26. The number of hydrogen-bond acceptors (Lipinski definition) is 2. The van der Waals surface area contributed by atoms with Crippen LogP contribution >= 0.6 is 0 Å². The van der Waals surface area contributed by atoms with Crippen LogP contribution in [0.5, 0.6) is 0 Å². The summed E-state index contributed by atoms with van der Waals surface area (Å²) in [5.74, 6) is 0. The summed E-state index contributed by atoms with van der Waals surface area (Å²) in [6, 6.07) is 5.87. The molecule has 84 valence electrons. The van der Waals surface area contributed by atoms with Gasteiger partial charge in [0.25, 0.3) is 0 Å². The molecule has 3 N–H and O–H groups in total. The fourth-order valence-corrected chi connectivity index (χ4v) is 1.67. The van der Waals surface area contributed by atoms with Gasteiger partial charge in [0.05, 0.1) is 12.1 Å². The number of rotatable bonds is 4. The van der Waals surface area contributed by atoms with Crippen LogP contribution in [0.3, 0.4) is 0 Å². The first-order valence-corrected chi connectivity index (χ1v) is 5.57. The van der Waals surface area contributed by atoms with Gasteiger partial charge in [0, 0.05) is 0 Å². The number of aryl methyl sites for hydroxylation is 2. The normalized spacial score (nSPS) is 15.0. The van der Waals surface area contributed by atoms with Crippen LogP contribution in [0.15, 0.2) is 18.2 Å². The summed E-state index contributed by atoms with van der Waals surface area (Å²) >= 11 is 0. The molecule has 0 aliphatic carbocycles. The Morgan fingerprint density at radius 3 is 2.47 bits per heavy atom. The highest BCUT2D eigenvalue weighted by atomic mass is 16.3. The van der Waals surface area contributed by atoms with E-state index in [0.717, 1.165) is 18.4 Å². The Hall–Kier alpha value is -0.860. The minimum Gasteiger partial charge on any atom is -0.391 e. The molecule has 0 heterocycles. The topological polar surface area (TPSA) is 46.2 Å². The first-order chi connectivity index (χ1) is 7.06. The first kappa shape index (κ1) is 12.2. The lowest BCUT2D eigenvalue weighted by atomic mass is 9.96. The number of aliphatic hydroxyl groups excluding tert-OH is 1. The summed E-state index contributed by atoms with van der Waals surface area (Å²) in [6.07, 6.45) is 1.28. The molecule has 0 aromatic heterocycles. The van der Waals surface area contributed by atoms with E-state index in [9.17, 15) is 5.11 Å². The second kappa shape index (κ2) is 5.29. The van der Waals surface area contributed by atoms with Gasteiger partial charge in [-0.2, -0.15) is 0 Å². The summed E-state index contributed by atoms with van der Waals surface area (Å²) in [4.78, 5) is 0. The van der Waals surface area contributed by atoms with Gasteiger partial charge in [0.15, 0.2) is 0 Å². The molecule has 0 amide bonds. The average Bonchev–Trinajstić information content (AvgIpc) is 2.21. The van der Waals surface area contributed by atoms with Gasteiger partial charge in [0.2, 0.25) is 0 Å². The maximum Gasteiger partial charge on any atom is 0.0732 e. The molecule has 0 aliphatic heterocycles. The molecule has 0 aliphatic rings. The summed E-state index contributed by atoms with van der Waals surface area (Å²) in [5.41, 5.74) is 9.51. The average molecular weight is 207 g/mol. The summed E-state index contributed by atoms with van der Waals surface area (Å²) < 4.78 is 0. The molecule has 2 atom stereocenters. The zero-order chi connectivity index (χ0) is 11.4. The van der Waals surface area contributed by atoms with E-state index in [4.69, 9.17) is 5.73 Å². The van der Waals surface area contributed by atoms with Crippen LogP contribution in [0.25, 0.3) is 0 Å². The van der Waals surface area contributed by atoms with Crippen LogP contribution in [0.1, 0.15) is 42.5 Å². The van der Waals surface area contributed by atoms with Crippen molar-refractivity contribution in [1.29, 1.82) is 0 Å². The van der Waals surface area contributed by atoms with Gasteiger partial charge in [-0.05, 0) is 37.0 Å². The minimum atomic E-state index is -0.433. The second-order valence-electron chi connectivity index (χ2n) is 4.23. The van der Waals surface area contributed by atoms with E-state index in [2.05, 4.69) is 32.9 Å². The predicted molar refractivity (Wildman–Crippen MR) is 63.8 cm³/mol. The third-order valence-electron chi connectivity index (χ3n) is 2.91. The lowest BCUT2D eigenvalue weighted by Gasteiger charge is -2.19. The summed E-state index contributed by atoms with van der Waals surface area (Å²) in [7, 11) is 0. The molecular formula is C13H21NO. The van der Waals surface area contributed by atoms with Crippen molar-refractivity contribution in [3.05, 3.63) is 34.9 Å². The highest BCUT2D eigenvalue weighted by Crippen LogP contribution is 2.20. The quantitative estimate of drug-likeness (QED) is 0.796. The molecule has 1 rings (SSSR count). The van der Waals surface area contributed by atoms with E-state index >= 15 is 0 Å². The number of benzene rings is 1. The summed E-state index contributed by atoms with van der Waals surface area (Å²) in [6.45, 7) is 6.20. The zero-order valence-electron chi connectivity index (χ0n) is 9.83. The fourth-order valence-electron chi connectivity index (χ4n) is 1.67. The van der Waals surface area contributed by atoms with Crippen LogP contribution in [-0.4, -0.2) is 11.2 Å². The maximum atomic E-state index is 9.81. The summed E-state index contributed by atoms with van der Waals surface area (Å²) in [5, 5.41) is 9.81. The van der Waals surface area contributed by atoms with E-state index < -0.39 is 6.10 Å². The Kier molecular flexibility index (Phi) is 4.30. The molecule has 0 radical (unpaired) electrons. The van der Waals surface area contributed by atoms with Gasteiger partial charge in [-0.1, -0.05) is 31.5 Å². The SMILES string of the molecule is CCC[C@H](O)[C@H](N)c1ccc(C)c(C)c1. The molecule has 0 saturated carbocycles. The van der Waals surface area contributed by atoms with Crippen LogP contribution < -0.4 is 5.73 Å². The zero-order valence-corrected chi connectivity index (χ0v) is 9.83. The first-order valence-electron chi connectivity index (χ1n) is 5.57. The molecule has 0 saturated heterocycles. The second-order valence-corrected chi connectivity index (χ2v) is 4.23. The lowest BCUT2D eigenvalue weighted by molar-refractivity contribution is 0.134. The van der Waals surface area contributed by atoms with Crippen molar-refractivity contribution < 1.29 is 5.11 Å². The van der Waals surface area contributed by atoms with Crippen molar-refractivity contribution in [3.8, 4) is 0 Å². The molecule has 0 bridgehead atoms. The smallest absolute Gasteiger partial charge is 0.0732 e. The Morgan fingerprint density at radius 1 is 1.27 bits per heavy atom. The number of aliphatic hydroxyl groups is 1. The van der Waals surface area contributed by atoms with Crippen molar-refractivity contribution >= 4 is 0 Å². The molecule has 0 spiro atoms. The Morgan fingerprint density at radius 2 is 1.93 bits per heavy atom. The van der Waals surface area contributed by atoms with Gasteiger partial charge in [-0.3, -0.25) is 0 Å². The van der Waals surface area contributed by atoms with Crippen LogP contribution in [0.4, 0.5) is 0 Å². The molecule has 0 fully saturated rings. The van der Waals surface area contributed by atoms with Crippen molar-refractivity contribution in [2.45, 2.75) is 45.8 Å². The van der Waals surface area contributed by atoms with Crippen molar-refractivity contribution in [2.75, 3.05) is 0 Å². The van der Waals surface area contributed by atoms with Crippen LogP contribution in [0, 0.1) is 13.8 Å². The molecule has 1 aromatic rings. The standard InChI is InChI=1S/C13H21NO/c1-4-5-12(15)13(14)11-7-6-9(2)10(3)8-11/h6-8,12-13,15H,4-5,14H2,1-3H3/t12-,13+/m0/s1. The third-order valence-corrected chi connectivity index (χ3v) is 2.91. The highest BCUT2D eigenvalue weighted by molar-refractivity contribution is 5.31. The van der Waals surface area contributed by atoms with Crippen molar-refractivity contribution in [3.63, 3.8) is 0 Å². The Bertz CT molecular complexity index is 322. The monoisotopic (exact) mass is 207 g/mol. The van der Waals surface area contributed by atoms with E-state index in [1.165, 1.54) is 11.1 Å². The van der Waals surface area contributed by atoms with Gasteiger partial charge in [-0.15, -0.1) is 0 Å². The fraction of sp³-hybridized carbons (Fsp3) is 0.538. The van der Waals surface area contributed by atoms with Gasteiger partial charge in [-0.25, -0.2) is 0 Å². The van der Waals surface area contributed by atoms with Crippen LogP contribution in [-0.2, 0) is 0 Å². The molecule has 0 unspecified atom stereocenters. The number of hydrogen-bond donors (Lipinski definition) is 2. The largest absolute Gasteiger partial charge is 0.391 e. The van der Waals surface area contributed by atoms with Gasteiger partial charge >= 0.3 is 0 Å². The van der Waals surface area contributed by atoms with E-state index in [0.29, 0.717) is 0 Å². The molecule has 2 heteroatoms. The number of nitrogens with two attached hydrogens (primary N) is 1. The highest BCUT2D eigenvalue weighted by Gasteiger charge is 2.15. The minimum absolute atomic E-state index is 0.260. The molecular weight excluding hydrogens is 186 g/mol. The van der Waals surface area contributed by atoms with Crippen molar-refractivity contribution in [2.24, 2.45) is 5.73 Å². The van der Waals surface area contributed by atoms with E-state index in [1.807, 2.05) is 6.07 Å². The van der Waals surface area contributed by atoms with E-state index in [1.54, 1.807) is 0 Å². The third kappa shape index (κ3) is 3.05. The van der Waals surface area contributed by atoms with Crippen LogP contribution in [0.2, 0.25) is 0 Å². The molecule has 2 nitrogen and oxygen atoms in total. The maximum absolute atomic E-state index is 9.81. The molecule has 1 aromatic carbocycles.